The zero-order chi connectivity index (χ0) is 11.5. The lowest BCUT2D eigenvalue weighted by atomic mass is 10.4. The summed E-state index contributed by atoms with van der Waals surface area (Å²) in [6.45, 7) is 5.61. The molecule has 84 valence electrons. The highest BCUT2D eigenvalue weighted by molar-refractivity contribution is 7.93. The average Bonchev–Trinajstić information content (AvgIpc) is 2.19. The number of hydrogen-bond acceptors (Lipinski definition) is 3. The van der Waals surface area contributed by atoms with Gasteiger partial charge in [0.2, 0.25) is 10.0 Å². The fraction of sp³-hybridized carbons (Fsp3) is 0.500. The first-order valence-corrected chi connectivity index (χ1v) is 6.42. The van der Waals surface area contributed by atoms with Crippen LogP contribution in [-0.4, -0.2) is 25.2 Å². The molecule has 0 unspecified atom stereocenters. The summed E-state index contributed by atoms with van der Waals surface area (Å²) in [5.41, 5.74) is 0.668. The van der Waals surface area contributed by atoms with Crippen molar-refractivity contribution in [3.63, 3.8) is 0 Å². The Bertz CT molecular complexity index is 401. The molecule has 0 aliphatic carbocycles. The number of rotatable bonds is 4. The van der Waals surface area contributed by atoms with E-state index in [1.807, 2.05) is 6.92 Å². The van der Waals surface area contributed by atoms with Crippen LogP contribution in [0.2, 0.25) is 0 Å². The van der Waals surface area contributed by atoms with E-state index in [4.69, 9.17) is 0 Å². The second-order valence-electron chi connectivity index (χ2n) is 3.46. The lowest BCUT2D eigenvalue weighted by Crippen LogP contribution is -2.36. The van der Waals surface area contributed by atoms with E-state index in [1.54, 1.807) is 38.4 Å². The van der Waals surface area contributed by atoms with E-state index in [0.717, 1.165) is 0 Å². The summed E-state index contributed by atoms with van der Waals surface area (Å²) in [7, 11) is -3.24. The van der Waals surface area contributed by atoms with Crippen LogP contribution in [0.3, 0.4) is 0 Å². The van der Waals surface area contributed by atoms with Crippen molar-refractivity contribution in [2.75, 3.05) is 10.8 Å². The number of sulfonamides is 1. The van der Waals surface area contributed by atoms with Gasteiger partial charge in [0, 0.05) is 18.9 Å². The van der Waals surface area contributed by atoms with Crippen LogP contribution in [0, 0.1) is 0 Å². The van der Waals surface area contributed by atoms with E-state index in [9.17, 15) is 8.42 Å². The molecule has 0 bridgehead atoms. The van der Waals surface area contributed by atoms with Crippen LogP contribution in [0.25, 0.3) is 0 Å². The molecule has 0 aromatic carbocycles. The maximum absolute atomic E-state index is 12.0. The van der Waals surface area contributed by atoms with E-state index in [0.29, 0.717) is 12.2 Å². The molecule has 0 radical (unpaired) electrons. The smallest absolute Gasteiger partial charge is 0.237 e. The molecule has 0 atom stereocenters. The summed E-state index contributed by atoms with van der Waals surface area (Å²) in [5.74, 6) is 0. The van der Waals surface area contributed by atoms with Gasteiger partial charge in [0.25, 0.3) is 0 Å². The zero-order valence-corrected chi connectivity index (χ0v) is 10.0. The van der Waals surface area contributed by atoms with Crippen LogP contribution in [0.5, 0.6) is 0 Å². The molecule has 0 spiro atoms. The Morgan fingerprint density at radius 1 is 1.33 bits per heavy atom. The number of anilines is 1. The van der Waals surface area contributed by atoms with Crippen molar-refractivity contribution in [2.24, 2.45) is 0 Å². The number of aromatic nitrogens is 1. The largest absolute Gasteiger partial charge is 0.270 e. The Labute approximate surface area is 91.0 Å². The zero-order valence-electron chi connectivity index (χ0n) is 9.21. The fourth-order valence-corrected chi connectivity index (χ4v) is 2.56. The third-order valence-corrected chi connectivity index (χ3v) is 4.42. The van der Waals surface area contributed by atoms with Gasteiger partial charge in [-0.1, -0.05) is 0 Å². The van der Waals surface area contributed by atoms with Gasteiger partial charge in [0.15, 0.2) is 0 Å². The van der Waals surface area contributed by atoms with Crippen LogP contribution >= 0.6 is 0 Å². The summed E-state index contributed by atoms with van der Waals surface area (Å²) >= 11 is 0. The molecule has 0 amide bonds. The molecule has 0 aliphatic heterocycles. The van der Waals surface area contributed by atoms with Crippen LogP contribution in [0.1, 0.15) is 20.8 Å². The van der Waals surface area contributed by atoms with Gasteiger partial charge in [-0.3, -0.25) is 9.29 Å². The fourth-order valence-electron chi connectivity index (χ4n) is 1.27. The summed E-state index contributed by atoms with van der Waals surface area (Å²) in [6, 6.07) is 3.40. The van der Waals surface area contributed by atoms with Crippen molar-refractivity contribution in [2.45, 2.75) is 26.0 Å². The molecule has 1 aromatic rings. The van der Waals surface area contributed by atoms with E-state index in [1.165, 1.54) is 4.31 Å². The van der Waals surface area contributed by atoms with E-state index < -0.39 is 15.3 Å². The number of pyridine rings is 1. The molecule has 0 saturated carbocycles. The molecule has 0 fully saturated rings. The molecular formula is C10H16N2O2S. The van der Waals surface area contributed by atoms with Crippen molar-refractivity contribution >= 4 is 15.7 Å². The van der Waals surface area contributed by atoms with Gasteiger partial charge < -0.3 is 0 Å². The minimum Gasteiger partial charge on any atom is -0.270 e. The lowest BCUT2D eigenvalue weighted by Gasteiger charge is -2.24. The molecule has 15 heavy (non-hydrogen) atoms. The third-order valence-electron chi connectivity index (χ3n) is 2.14. The summed E-state index contributed by atoms with van der Waals surface area (Å²) < 4.78 is 25.3. The SMILES string of the molecule is CCN(c1ccncc1)S(=O)(=O)C(C)C. The van der Waals surface area contributed by atoms with Gasteiger partial charge in [-0.05, 0) is 32.9 Å². The summed E-state index contributed by atoms with van der Waals surface area (Å²) in [6.07, 6.45) is 3.18. The Hall–Kier alpha value is -1.10. The second kappa shape index (κ2) is 4.61. The third kappa shape index (κ3) is 2.47. The summed E-state index contributed by atoms with van der Waals surface area (Å²) in [4.78, 5) is 3.87. The molecule has 1 rings (SSSR count). The van der Waals surface area contributed by atoms with Crippen LogP contribution in [-0.2, 0) is 10.0 Å². The maximum atomic E-state index is 12.0. The molecule has 0 N–H and O–H groups in total. The first kappa shape index (κ1) is 12.0. The Balaban J connectivity index is 3.11. The van der Waals surface area contributed by atoms with E-state index >= 15 is 0 Å². The van der Waals surface area contributed by atoms with Crippen LogP contribution in [0.15, 0.2) is 24.5 Å². The maximum Gasteiger partial charge on any atom is 0.237 e. The van der Waals surface area contributed by atoms with E-state index in [-0.39, 0.29) is 0 Å². The molecule has 1 aromatic heterocycles. The van der Waals surface area contributed by atoms with Gasteiger partial charge in [0.05, 0.1) is 10.9 Å². The van der Waals surface area contributed by atoms with Crippen molar-refractivity contribution in [3.05, 3.63) is 24.5 Å². The standard InChI is InChI=1S/C10H16N2O2S/c1-4-12(15(13,14)9(2)3)10-5-7-11-8-6-10/h5-9H,4H2,1-3H3. The van der Waals surface area contributed by atoms with Crippen molar-refractivity contribution in [3.8, 4) is 0 Å². The van der Waals surface area contributed by atoms with Crippen molar-refractivity contribution < 1.29 is 8.42 Å². The highest BCUT2D eigenvalue weighted by Crippen LogP contribution is 2.19. The van der Waals surface area contributed by atoms with Crippen molar-refractivity contribution in [1.29, 1.82) is 0 Å². The number of hydrogen-bond donors (Lipinski definition) is 0. The van der Waals surface area contributed by atoms with Crippen LogP contribution < -0.4 is 4.31 Å². The molecule has 1 heterocycles. The van der Waals surface area contributed by atoms with Gasteiger partial charge in [-0.15, -0.1) is 0 Å². The predicted molar refractivity (Wildman–Crippen MR) is 61.3 cm³/mol. The molecule has 4 nitrogen and oxygen atoms in total. The minimum absolute atomic E-state index is 0.411. The van der Waals surface area contributed by atoms with Crippen molar-refractivity contribution in [1.82, 2.24) is 4.98 Å². The van der Waals surface area contributed by atoms with Gasteiger partial charge in [-0.25, -0.2) is 8.42 Å². The number of nitrogens with zero attached hydrogens (tertiary/aromatic N) is 2. The topological polar surface area (TPSA) is 50.3 Å². The summed E-state index contributed by atoms with van der Waals surface area (Å²) in [5, 5.41) is -0.411. The minimum atomic E-state index is -3.24. The predicted octanol–water partition coefficient (Wildman–Crippen LogP) is 1.65. The Morgan fingerprint density at radius 3 is 2.27 bits per heavy atom. The normalized spacial score (nSPS) is 11.7. The van der Waals surface area contributed by atoms with Gasteiger partial charge >= 0.3 is 0 Å². The quantitative estimate of drug-likeness (QED) is 0.787. The Kier molecular flexibility index (Phi) is 3.68. The first-order chi connectivity index (χ1) is 7.00. The highest BCUT2D eigenvalue weighted by atomic mass is 32.2. The average molecular weight is 228 g/mol. The first-order valence-electron chi connectivity index (χ1n) is 4.91. The molecular weight excluding hydrogens is 212 g/mol. The second-order valence-corrected chi connectivity index (χ2v) is 5.88. The lowest BCUT2D eigenvalue weighted by molar-refractivity contribution is 0.583. The van der Waals surface area contributed by atoms with E-state index in [2.05, 4.69) is 4.98 Å². The highest BCUT2D eigenvalue weighted by Gasteiger charge is 2.24. The van der Waals surface area contributed by atoms with Gasteiger partial charge in [0.1, 0.15) is 0 Å². The molecule has 0 aliphatic rings. The van der Waals surface area contributed by atoms with Crippen LogP contribution in [0.4, 0.5) is 5.69 Å². The molecule has 0 saturated heterocycles. The molecule has 5 heteroatoms. The van der Waals surface area contributed by atoms with Gasteiger partial charge in [-0.2, -0.15) is 0 Å². The Morgan fingerprint density at radius 2 is 1.87 bits per heavy atom. The monoisotopic (exact) mass is 228 g/mol.